The molecule has 1 heterocycles. The summed E-state index contributed by atoms with van der Waals surface area (Å²) in [6.45, 7) is 2.25. The number of rotatable bonds is 4. The van der Waals surface area contributed by atoms with Crippen molar-refractivity contribution in [2.75, 3.05) is 6.54 Å². The lowest BCUT2D eigenvalue weighted by Crippen LogP contribution is -2.25. The summed E-state index contributed by atoms with van der Waals surface area (Å²) in [5.41, 5.74) is 1.62. The van der Waals surface area contributed by atoms with E-state index < -0.39 is 0 Å². The number of hydrogen-bond donors (Lipinski definition) is 1. The van der Waals surface area contributed by atoms with Crippen LogP contribution in [0.4, 0.5) is 4.39 Å². The lowest BCUT2D eigenvalue weighted by Gasteiger charge is -2.03. The van der Waals surface area contributed by atoms with Crippen LogP contribution in [0.5, 0.6) is 0 Å². The summed E-state index contributed by atoms with van der Waals surface area (Å²) in [5, 5.41) is 6.57. The topological polar surface area (TPSA) is 54.9 Å². The Balaban J connectivity index is 1.84. The molecule has 1 amide bonds. The molecule has 2 aromatic rings. The zero-order valence-corrected chi connectivity index (χ0v) is 10.6. The van der Waals surface area contributed by atoms with E-state index >= 15 is 0 Å². The molecule has 0 aliphatic carbocycles. The van der Waals surface area contributed by atoms with Gasteiger partial charge < -0.3 is 5.32 Å². The minimum Gasteiger partial charge on any atom is -0.351 e. The monoisotopic (exact) mass is 265 g/mol. The molecule has 0 aliphatic rings. The molecule has 0 atom stereocenters. The second-order valence-electron chi connectivity index (χ2n) is 3.82. The summed E-state index contributed by atoms with van der Waals surface area (Å²) in [6, 6.07) is 6.24. The maximum absolute atomic E-state index is 12.7. The first-order valence-electron chi connectivity index (χ1n) is 5.48. The summed E-state index contributed by atoms with van der Waals surface area (Å²) in [6.07, 6.45) is 0.664. The van der Waals surface area contributed by atoms with E-state index in [1.807, 2.05) is 0 Å². The molecule has 1 N–H and O–H groups in total. The molecule has 6 heteroatoms. The fourth-order valence-electron chi connectivity index (χ4n) is 1.49. The molecule has 0 saturated carbocycles. The number of aromatic nitrogens is 2. The Morgan fingerprint density at radius 3 is 2.72 bits per heavy atom. The molecular formula is C12H12FN3OS. The quantitative estimate of drug-likeness (QED) is 0.919. The van der Waals surface area contributed by atoms with Crippen LogP contribution >= 0.6 is 11.5 Å². The average Bonchev–Trinajstić information content (AvgIpc) is 2.78. The van der Waals surface area contributed by atoms with Crippen molar-refractivity contribution in [1.29, 1.82) is 0 Å². The van der Waals surface area contributed by atoms with Gasteiger partial charge in [-0.1, -0.05) is 16.6 Å². The van der Waals surface area contributed by atoms with Crippen molar-refractivity contribution in [3.05, 3.63) is 46.2 Å². The fourth-order valence-corrected chi connectivity index (χ4v) is 2.06. The highest BCUT2D eigenvalue weighted by Gasteiger charge is 2.11. The number of nitrogens with zero attached hydrogens (tertiary/aromatic N) is 2. The SMILES string of the molecule is Cc1nnsc1C(=O)NCCc1ccc(F)cc1. The summed E-state index contributed by atoms with van der Waals surface area (Å²) < 4.78 is 16.4. The smallest absolute Gasteiger partial charge is 0.264 e. The zero-order valence-electron chi connectivity index (χ0n) is 9.81. The molecule has 0 saturated heterocycles. The van der Waals surface area contributed by atoms with Gasteiger partial charge in [-0.05, 0) is 42.6 Å². The van der Waals surface area contributed by atoms with Crippen molar-refractivity contribution >= 4 is 17.4 Å². The van der Waals surface area contributed by atoms with E-state index in [1.54, 1.807) is 19.1 Å². The van der Waals surface area contributed by atoms with Gasteiger partial charge in [0.1, 0.15) is 10.7 Å². The van der Waals surface area contributed by atoms with E-state index in [0.717, 1.165) is 17.1 Å². The van der Waals surface area contributed by atoms with E-state index in [2.05, 4.69) is 14.9 Å². The zero-order chi connectivity index (χ0) is 13.0. The van der Waals surface area contributed by atoms with Crippen molar-refractivity contribution in [3.8, 4) is 0 Å². The number of carbonyl (C=O) groups excluding carboxylic acids is 1. The van der Waals surface area contributed by atoms with Gasteiger partial charge in [0.25, 0.3) is 5.91 Å². The highest BCUT2D eigenvalue weighted by Crippen LogP contribution is 2.08. The molecule has 1 aromatic heterocycles. The third-order valence-electron chi connectivity index (χ3n) is 2.47. The van der Waals surface area contributed by atoms with E-state index in [4.69, 9.17) is 0 Å². The van der Waals surface area contributed by atoms with Crippen LogP contribution in [0.2, 0.25) is 0 Å². The van der Waals surface area contributed by atoms with Crippen LogP contribution in [-0.2, 0) is 6.42 Å². The first-order valence-corrected chi connectivity index (χ1v) is 6.26. The Bertz CT molecular complexity index is 539. The predicted molar refractivity (Wildman–Crippen MR) is 67.1 cm³/mol. The Morgan fingerprint density at radius 2 is 2.11 bits per heavy atom. The fraction of sp³-hybridized carbons (Fsp3) is 0.250. The van der Waals surface area contributed by atoms with Crippen LogP contribution in [0.1, 0.15) is 20.9 Å². The average molecular weight is 265 g/mol. The minimum atomic E-state index is -0.255. The van der Waals surface area contributed by atoms with Crippen molar-refractivity contribution in [2.24, 2.45) is 0 Å². The molecule has 0 radical (unpaired) electrons. The Kier molecular flexibility index (Phi) is 3.99. The highest BCUT2D eigenvalue weighted by molar-refractivity contribution is 7.07. The Morgan fingerprint density at radius 1 is 1.39 bits per heavy atom. The molecule has 0 aliphatic heterocycles. The second-order valence-corrected chi connectivity index (χ2v) is 4.57. The molecule has 18 heavy (non-hydrogen) atoms. The van der Waals surface area contributed by atoms with E-state index in [0.29, 0.717) is 23.5 Å². The summed E-state index contributed by atoms with van der Waals surface area (Å²) >= 11 is 1.08. The number of hydrogen-bond acceptors (Lipinski definition) is 4. The minimum absolute atomic E-state index is 0.162. The first kappa shape index (κ1) is 12.6. The van der Waals surface area contributed by atoms with E-state index in [9.17, 15) is 9.18 Å². The van der Waals surface area contributed by atoms with Gasteiger partial charge in [0.05, 0.1) is 5.69 Å². The molecule has 94 valence electrons. The van der Waals surface area contributed by atoms with Gasteiger partial charge in [0.2, 0.25) is 0 Å². The Labute approximate surface area is 108 Å². The number of nitrogens with one attached hydrogen (secondary N) is 1. The van der Waals surface area contributed by atoms with Gasteiger partial charge in [-0.3, -0.25) is 4.79 Å². The van der Waals surface area contributed by atoms with Gasteiger partial charge in [-0.15, -0.1) is 5.10 Å². The van der Waals surface area contributed by atoms with Crippen molar-refractivity contribution in [2.45, 2.75) is 13.3 Å². The van der Waals surface area contributed by atoms with Crippen molar-refractivity contribution < 1.29 is 9.18 Å². The van der Waals surface area contributed by atoms with Crippen LogP contribution in [0.25, 0.3) is 0 Å². The normalized spacial score (nSPS) is 10.3. The number of aryl methyl sites for hydroxylation is 1. The molecule has 0 bridgehead atoms. The lowest BCUT2D eigenvalue weighted by molar-refractivity contribution is 0.0957. The van der Waals surface area contributed by atoms with E-state index in [1.165, 1.54) is 12.1 Å². The van der Waals surface area contributed by atoms with Gasteiger partial charge in [-0.2, -0.15) is 0 Å². The highest BCUT2D eigenvalue weighted by atomic mass is 32.1. The van der Waals surface area contributed by atoms with Crippen LogP contribution in [0.3, 0.4) is 0 Å². The molecular weight excluding hydrogens is 253 g/mol. The standard InChI is InChI=1S/C12H12FN3OS/c1-8-11(18-16-15-8)12(17)14-7-6-9-2-4-10(13)5-3-9/h2-5H,6-7H2,1H3,(H,14,17). The summed E-state index contributed by atoms with van der Waals surface area (Å²) in [4.78, 5) is 12.3. The van der Waals surface area contributed by atoms with Crippen molar-refractivity contribution in [3.63, 3.8) is 0 Å². The van der Waals surface area contributed by atoms with Crippen LogP contribution < -0.4 is 5.32 Å². The summed E-state index contributed by atoms with van der Waals surface area (Å²) in [7, 11) is 0. The van der Waals surface area contributed by atoms with Crippen LogP contribution in [-0.4, -0.2) is 22.0 Å². The number of carbonyl (C=O) groups is 1. The lowest BCUT2D eigenvalue weighted by atomic mass is 10.1. The summed E-state index contributed by atoms with van der Waals surface area (Å²) in [5.74, 6) is -0.418. The third-order valence-corrected chi connectivity index (χ3v) is 3.30. The van der Waals surface area contributed by atoms with Gasteiger partial charge >= 0.3 is 0 Å². The Hall–Kier alpha value is -1.82. The number of halogens is 1. The van der Waals surface area contributed by atoms with Crippen molar-refractivity contribution in [1.82, 2.24) is 14.9 Å². The predicted octanol–water partition coefficient (Wildman–Crippen LogP) is 1.96. The number of amides is 1. The molecule has 2 rings (SSSR count). The van der Waals surface area contributed by atoms with Crippen LogP contribution in [0.15, 0.2) is 24.3 Å². The number of benzene rings is 1. The van der Waals surface area contributed by atoms with Gasteiger partial charge in [0, 0.05) is 6.54 Å². The first-order chi connectivity index (χ1) is 8.66. The maximum Gasteiger partial charge on any atom is 0.264 e. The largest absolute Gasteiger partial charge is 0.351 e. The van der Waals surface area contributed by atoms with E-state index in [-0.39, 0.29) is 11.7 Å². The molecule has 4 nitrogen and oxygen atoms in total. The molecule has 0 spiro atoms. The third kappa shape index (κ3) is 3.10. The maximum atomic E-state index is 12.7. The van der Waals surface area contributed by atoms with Crippen LogP contribution in [0, 0.1) is 12.7 Å². The molecule has 0 fully saturated rings. The second kappa shape index (κ2) is 5.68. The molecule has 0 unspecified atom stereocenters. The van der Waals surface area contributed by atoms with Gasteiger partial charge in [0.15, 0.2) is 0 Å². The van der Waals surface area contributed by atoms with Gasteiger partial charge in [-0.25, -0.2) is 4.39 Å². The molecule has 1 aromatic carbocycles.